The largest absolute Gasteiger partial charge is 0.396 e. The van der Waals surface area contributed by atoms with Crippen LogP contribution in [0.15, 0.2) is 72.8 Å². The van der Waals surface area contributed by atoms with Crippen LogP contribution < -0.4 is 0 Å². The number of aromatic nitrogens is 1. The highest BCUT2D eigenvalue weighted by atomic mass is 16.3. The highest BCUT2D eigenvalue weighted by Crippen LogP contribution is 2.31. The van der Waals surface area contributed by atoms with Gasteiger partial charge in [0.05, 0.1) is 11.4 Å². The third kappa shape index (κ3) is 6.42. The maximum absolute atomic E-state index is 13.8. The van der Waals surface area contributed by atoms with Crippen molar-refractivity contribution in [2.45, 2.75) is 44.6 Å². The summed E-state index contributed by atoms with van der Waals surface area (Å²) in [7, 11) is 0. The summed E-state index contributed by atoms with van der Waals surface area (Å²) < 4.78 is 0. The molecule has 7 nitrogen and oxygen atoms in total. The number of benzene rings is 2. The van der Waals surface area contributed by atoms with Gasteiger partial charge in [-0.2, -0.15) is 0 Å². The summed E-state index contributed by atoms with van der Waals surface area (Å²) in [5, 5.41) is 9.41. The smallest absolute Gasteiger partial charge is 0.254 e. The molecule has 220 valence electrons. The zero-order valence-corrected chi connectivity index (χ0v) is 24.4. The van der Waals surface area contributed by atoms with E-state index in [0.717, 1.165) is 87.2 Å². The van der Waals surface area contributed by atoms with Gasteiger partial charge in [-0.25, -0.2) is 4.98 Å². The molecule has 0 atom stereocenters. The number of nitrogens with zero attached hydrogens (tertiary/aromatic N) is 4. The Labute approximate surface area is 249 Å². The summed E-state index contributed by atoms with van der Waals surface area (Å²) in [5.74, 6) is 0.891. The van der Waals surface area contributed by atoms with Crippen LogP contribution in [0.3, 0.4) is 0 Å². The number of likely N-dealkylation sites (tertiary alicyclic amines) is 1. The van der Waals surface area contributed by atoms with Crippen molar-refractivity contribution >= 4 is 11.8 Å². The molecule has 7 heteroatoms. The molecule has 3 aliphatic rings. The van der Waals surface area contributed by atoms with E-state index in [2.05, 4.69) is 9.80 Å². The van der Waals surface area contributed by atoms with Gasteiger partial charge in [0.25, 0.3) is 5.91 Å². The summed E-state index contributed by atoms with van der Waals surface area (Å²) in [5.41, 5.74) is 4.29. The van der Waals surface area contributed by atoms with Gasteiger partial charge in [-0.05, 0) is 56.6 Å². The number of amides is 2. The molecule has 1 aromatic heterocycles. The van der Waals surface area contributed by atoms with E-state index in [1.807, 2.05) is 77.7 Å². The van der Waals surface area contributed by atoms with Gasteiger partial charge in [0.15, 0.2) is 0 Å². The second-order valence-electron chi connectivity index (χ2n) is 12.1. The number of piperidine rings is 1. The second-order valence-corrected chi connectivity index (χ2v) is 12.1. The first-order valence-electron chi connectivity index (χ1n) is 15.6. The first-order valence-corrected chi connectivity index (χ1v) is 15.6. The van der Waals surface area contributed by atoms with E-state index in [1.54, 1.807) is 0 Å². The molecule has 3 aromatic rings. The highest BCUT2D eigenvalue weighted by molar-refractivity contribution is 5.96. The van der Waals surface area contributed by atoms with Crippen LogP contribution in [0, 0.1) is 11.8 Å². The summed E-state index contributed by atoms with van der Waals surface area (Å²) in [6, 6.07) is 24.4. The fraction of sp³-hybridized carbons (Fsp3) is 0.457. The Balaban J connectivity index is 1.06. The maximum Gasteiger partial charge on any atom is 0.254 e. The first kappa shape index (κ1) is 28.6. The number of carbonyl (C=O) groups is 2. The summed E-state index contributed by atoms with van der Waals surface area (Å²) in [6.07, 6.45) is 5.75. The zero-order valence-electron chi connectivity index (χ0n) is 24.4. The molecule has 3 fully saturated rings. The van der Waals surface area contributed by atoms with Crippen molar-refractivity contribution in [2.75, 3.05) is 45.9 Å². The predicted molar refractivity (Wildman–Crippen MR) is 165 cm³/mol. The Morgan fingerprint density at radius 1 is 0.690 bits per heavy atom. The van der Waals surface area contributed by atoms with Gasteiger partial charge in [-0.15, -0.1) is 0 Å². The van der Waals surface area contributed by atoms with Crippen LogP contribution in [0.25, 0.3) is 22.5 Å². The Hall–Kier alpha value is -3.55. The predicted octanol–water partition coefficient (Wildman–Crippen LogP) is 4.96. The van der Waals surface area contributed by atoms with E-state index in [0.29, 0.717) is 36.5 Å². The molecule has 2 aromatic carbocycles. The fourth-order valence-corrected chi connectivity index (χ4v) is 6.94. The monoisotopic (exact) mass is 566 g/mol. The molecule has 42 heavy (non-hydrogen) atoms. The Morgan fingerprint density at radius 3 is 1.76 bits per heavy atom. The number of hydrogen-bond acceptors (Lipinski definition) is 5. The summed E-state index contributed by atoms with van der Waals surface area (Å²) in [4.78, 5) is 38.4. The SMILES string of the molecule is O=C(c1cc(-c2ccccc2)nc(-c2ccccc2)c1)N1CCN(C2CCN(C(=O)C3CCC(CO)CC3)CC2)CC1. The van der Waals surface area contributed by atoms with Gasteiger partial charge in [0, 0.05) is 74.5 Å². The normalized spacial score (nSPS) is 22.2. The van der Waals surface area contributed by atoms with Crippen LogP contribution in [0.2, 0.25) is 0 Å². The minimum Gasteiger partial charge on any atom is -0.396 e. The standard InChI is InChI=1S/C35H42N4O3/c40-25-26-11-13-29(14-12-26)34(41)38-17-15-31(16-18-38)37-19-21-39(22-20-37)35(42)30-23-32(27-7-3-1-4-8-27)36-33(24-30)28-9-5-2-6-10-28/h1-10,23-24,26,29,31,40H,11-22,25H2. The van der Waals surface area contributed by atoms with Crippen molar-refractivity contribution in [3.8, 4) is 22.5 Å². The molecule has 1 saturated carbocycles. The van der Waals surface area contributed by atoms with E-state index in [-0.39, 0.29) is 18.4 Å². The second kappa shape index (κ2) is 13.2. The van der Waals surface area contributed by atoms with Crippen LogP contribution >= 0.6 is 0 Å². The van der Waals surface area contributed by atoms with Crippen molar-refractivity contribution in [1.29, 1.82) is 0 Å². The number of pyridine rings is 1. The van der Waals surface area contributed by atoms with Crippen molar-refractivity contribution < 1.29 is 14.7 Å². The molecule has 2 amide bonds. The number of aliphatic hydroxyl groups is 1. The van der Waals surface area contributed by atoms with E-state index in [1.165, 1.54) is 0 Å². The van der Waals surface area contributed by atoms with E-state index < -0.39 is 0 Å². The molecule has 0 radical (unpaired) electrons. The number of rotatable bonds is 6. The minimum atomic E-state index is 0.0581. The highest BCUT2D eigenvalue weighted by Gasteiger charge is 2.34. The topological polar surface area (TPSA) is 77.0 Å². The molecule has 1 N–H and O–H groups in total. The van der Waals surface area contributed by atoms with Gasteiger partial charge >= 0.3 is 0 Å². The third-order valence-corrected chi connectivity index (χ3v) is 9.56. The van der Waals surface area contributed by atoms with Crippen LogP contribution in [0.5, 0.6) is 0 Å². The molecule has 2 aliphatic heterocycles. The quantitative estimate of drug-likeness (QED) is 0.456. The average molecular weight is 567 g/mol. The average Bonchev–Trinajstić information content (AvgIpc) is 3.08. The van der Waals surface area contributed by atoms with E-state index >= 15 is 0 Å². The lowest BCUT2D eigenvalue weighted by atomic mass is 9.81. The number of aliphatic hydroxyl groups excluding tert-OH is 1. The number of hydrogen-bond donors (Lipinski definition) is 1. The Kier molecular flexibility index (Phi) is 8.96. The van der Waals surface area contributed by atoms with Crippen molar-refractivity contribution in [3.63, 3.8) is 0 Å². The lowest BCUT2D eigenvalue weighted by molar-refractivity contribution is -0.138. The molecular weight excluding hydrogens is 524 g/mol. The number of piperazine rings is 1. The van der Waals surface area contributed by atoms with E-state index in [4.69, 9.17) is 4.98 Å². The minimum absolute atomic E-state index is 0.0581. The van der Waals surface area contributed by atoms with Crippen molar-refractivity contribution in [1.82, 2.24) is 19.7 Å². The molecule has 6 rings (SSSR count). The Morgan fingerprint density at radius 2 is 1.24 bits per heavy atom. The molecule has 0 spiro atoms. The molecule has 3 heterocycles. The third-order valence-electron chi connectivity index (χ3n) is 9.56. The first-order chi connectivity index (χ1) is 20.6. The van der Waals surface area contributed by atoms with Crippen LogP contribution in [-0.2, 0) is 4.79 Å². The van der Waals surface area contributed by atoms with Crippen LogP contribution in [-0.4, -0.2) is 88.5 Å². The van der Waals surface area contributed by atoms with Gasteiger partial charge in [-0.3, -0.25) is 14.5 Å². The fourth-order valence-electron chi connectivity index (χ4n) is 6.94. The van der Waals surface area contributed by atoms with Crippen LogP contribution in [0.4, 0.5) is 0 Å². The molecule has 1 aliphatic carbocycles. The molecular formula is C35H42N4O3. The van der Waals surface area contributed by atoms with E-state index in [9.17, 15) is 14.7 Å². The lowest BCUT2D eigenvalue weighted by Gasteiger charge is -2.43. The summed E-state index contributed by atoms with van der Waals surface area (Å²) in [6.45, 7) is 5.02. The Bertz CT molecular complexity index is 1280. The van der Waals surface area contributed by atoms with Gasteiger partial charge < -0.3 is 14.9 Å². The van der Waals surface area contributed by atoms with Gasteiger partial charge in [-0.1, -0.05) is 60.7 Å². The molecule has 2 saturated heterocycles. The molecule has 0 bridgehead atoms. The van der Waals surface area contributed by atoms with Gasteiger partial charge in [0.2, 0.25) is 5.91 Å². The lowest BCUT2D eigenvalue weighted by Crippen LogP contribution is -2.55. The van der Waals surface area contributed by atoms with Crippen molar-refractivity contribution in [3.05, 3.63) is 78.4 Å². The van der Waals surface area contributed by atoms with Crippen molar-refractivity contribution in [2.24, 2.45) is 11.8 Å². The van der Waals surface area contributed by atoms with Crippen LogP contribution in [0.1, 0.15) is 48.9 Å². The summed E-state index contributed by atoms with van der Waals surface area (Å²) >= 11 is 0. The zero-order chi connectivity index (χ0) is 28.9. The number of carbonyl (C=O) groups excluding carboxylic acids is 2. The molecule has 0 unspecified atom stereocenters. The maximum atomic E-state index is 13.8. The van der Waals surface area contributed by atoms with Gasteiger partial charge in [0.1, 0.15) is 0 Å².